The molecule has 8 nitrogen and oxygen atoms in total. The fraction of sp³-hybridized carbons (Fsp3) is 0.414. The molecule has 0 saturated carbocycles. The molecule has 1 spiro atoms. The third-order valence-electron chi connectivity index (χ3n) is 7.13. The summed E-state index contributed by atoms with van der Waals surface area (Å²) in [6, 6.07) is 13.4. The smallest absolute Gasteiger partial charge is 0.416 e. The number of amides is 1. The Balaban J connectivity index is 0.00000118. The zero-order valence-corrected chi connectivity index (χ0v) is 22.4. The molecule has 1 amide bonds. The molecular formula is C29H31F3N4O4. The number of nitrogens with zero attached hydrogens (tertiary/aromatic N) is 4. The molecule has 2 saturated heterocycles. The minimum Gasteiger partial charge on any atom is -0.441 e. The summed E-state index contributed by atoms with van der Waals surface area (Å²) in [5.41, 5.74) is 1.75. The van der Waals surface area contributed by atoms with E-state index in [4.69, 9.17) is 14.3 Å². The maximum absolute atomic E-state index is 13.6. The average molecular weight is 557 g/mol. The molecule has 0 radical (unpaired) electrons. The lowest BCUT2D eigenvalue weighted by atomic mass is 9.90. The van der Waals surface area contributed by atoms with Crippen molar-refractivity contribution in [3.8, 4) is 11.1 Å². The third-order valence-corrected chi connectivity index (χ3v) is 7.13. The van der Waals surface area contributed by atoms with Crippen LogP contribution in [0.4, 0.5) is 23.7 Å². The summed E-state index contributed by atoms with van der Waals surface area (Å²) in [5, 5.41) is 4.41. The number of alkyl halides is 3. The molecule has 40 heavy (non-hydrogen) atoms. The molecule has 2 fully saturated rings. The SMILES string of the molecule is CC(C)Cn1cc(-c2ccc(C(F)(F)F)cc2CN2CCC3(CC2)CN(c2ccccc2)C(=O)O3)cn1.O=C=O. The number of carbonyl (C=O) groups is 1. The quantitative estimate of drug-likeness (QED) is 0.391. The molecular weight excluding hydrogens is 525 g/mol. The number of hydrogen-bond acceptors (Lipinski definition) is 6. The third kappa shape index (κ3) is 6.78. The van der Waals surface area contributed by atoms with Gasteiger partial charge in [-0.05, 0) is 41.3 Å². The molecule has 0 bridgehead atoms. The number of hydrogen-bond donors (Lipinski definition) is 0. The van der Waals surface area contributed by atoms with Crippen molar-refractivity contribution in [3.05, 3.63) is 72.1 Å². The first-order chi connectivity index (χ1) is 19.0. The van der Waals surface area contributed by atoms with Gasteiger partial charge in [0, 0.05) is 56.5 Å². The zero-order valence-electron chi connectivity index (χ0n) is 22.4. The van der Waals surface area contributed by atoms with Crippen LogP contribution in [-0.2, 0) is 33.6 Å². The number of aromatic nitrogens is 2. The van der Waals surface area contributed by atoms with Crippen molar-refractivity contribution in [2.75, 3.05) is 24.5 Å². The number of carbonyl (C=O) groups excluding carboxylic acids is 3. The standard InChI is InChI=1S/C28H31F3N4O2.CO2/c1-20(2)16-34-18-22(15-32-34)25-9-8-23(28(29,30)31)14-21(25)17-33-12-10-27(11-13-33)19-35(26(36)37-27)24-6-4-3-5-7-24;2-1-3/h3-9,14-15,18,20H,10-13,16-17,19H2,1-2H3;. The molecule has 0 unspecified atom stereocenters. The normalized spacial score (nSPS) is 16.9. The highest BCUT2D eigenvalue weighted by Gasteiger charge is 2.47. The lowest BCUT2D eigenvalue weighted by Crippen LogP contribution is -2.46. The van der Waals surface area contributed by atoms with E-state index in [1.54, 1.807) is 17.2 Å². The van der Waals surface area contributed by atoms with Gasteiger partial charge in [-0.3, -0.25) is 14.5 Å². The van der Waals surface area contributed by atoms with E-state index < -0.39 is 17.3 Å². The van der Waals surface area contributed by atoms with E-state index in [-0.39, 0.29) is 12.2 Å². The van der Waals surface area contributed by atoms with Crippen molar-refractivity contribution in [1.82, 2.24) is 14.7 Å². The number of likely N-dealkylation sites (tertiary alicyclic amines) is 1. The van der Waals surface area contributed by atoms with Gasteiger partial charge in [-0.15, -0.1) is 0 Å². The number of benzene rings is 2. The van der Waals surface area contributed by atoms with Crippen molar-refractivity contribution in [1.29, 1.82) is 0 Å². The van der Waals surface area contributed by atoms with Crippen LogP contribution in [0.25, 0.3) is 11.1 Å². The first-order valence-corrected chi connectivity index (χ1v) is 13.0. The molecule has 11 heteroatoms. The van der Waals surface area contributed by atoms with E-state index >= 15 is 0 Å². The lowest BCUT2D eigenvalue weighted by Gasteiger charge is -2.37. The number of rotatable bonds is 6. The van der Waals surface area contributed by atoms with Crippen LogP contribution in [0.2, 0.25) is 0 Å². The largest absolute Gasteiger partial charge is 0.441 e. The maximum atomic E-state index is 13.6. The average Bonchev–Trinajstić information content (AvgIpc) is 3.49. The van der Waals surface area contributed by atoms with Gasteiger partial charge >= 0.3 is 18.4 Å². The van der Waals surface area contributed by atoms with Gasteiger partial charge in [-0.1, -0.05) is 38.1 Å². The Kier molecular flexibility index (Phi) is 8.76. The van der Waals surface area contributed by atoms with Crippen LogP contribution in [0.3, 0.4) is 0 Å². The van der Waals surface area contributed by atoms with Gasteiger partial charge in [0.15, 0.2) is 0 Å². The Bertz CT molecular complexity index is 1340. The van der Waals surface area contributed by atoms with Gasteiger partial charge in [0.1, 0.15) is 5.60 Å². The minimum atomic E-state index is -4.42. The van der Waals surface area contributed by atoms with Crippen LogP contribution in [0.1, 0.15) is 37.8 Å². The summed E-state index contributed by atoms with van der Waals surface area (Å²) >= 11 is 0. The monoisotopic (exact) mass is 556 g/mol. The van der Waals surface area contributed by atoms with Gasteiger partial charge in [0.05, 0.1) is 18.3 Å². The summed E-state index contributed by atoms with van der Waals surface area (Å²) in [4.78, 5) is 32.7. The number of piperidine rings is 1. The predicted octanol–water partition coefficient (Wildman–Crippen LogP) is 5.63. The maximum Gasteiger partial charge on any atom is 0.416 e. The minimum absolute atomic E-state index is 0.250. The van der Waals surface area contributed by atoms with Crippen LogP contribution >= 0.6 is 0 Å². The second kappa shape index (κ2) is 12.1. The number of halogens is 3. The van der Waals surface area contributed by atoms with Crippen molar-refractivity contribution < 1.29 is 32.3 Å². The number of ether oxygens (including phenoxy) is 1. The Morgan fingerprint density at radius 3 is 2.38 bits per heavy atom. The highest BCUT2D eigenvalue weighted by Crippen LogP contribution is 2.38. The topological polar surface area (TPSA) is 84.7 Å². The Morgan fingerprint density at radius 1 is 1.07 bits per heavy atom. The molecule has 5 rings (SSSR count). The van der Waals surface area contributed by atoms with Crippen molar-refractivity contribution >= 4 is 17.9 Å². The lowest BCUT2D eigenvalue weighted by molar-refractivity contribution is -0.191. The first-order valence-electron chi connectivity index (χ1n) is 13.0. The number of anilines is 1. The van der Waals surface area contributed by atoms with E-state index in [1.807, 2.05) is 41.2 Å². The summed E-state index contributed by atoms with van der Waals surface area (Å²) in [7, 11) is 0. The van der Waals surface area contributed by atoms with Crippen LogP contribution in [0, 0.1) is 5.92 Å². The molecule has 0 atom stereocenters. The highest BCUT2D eigenvalue weighted by molar-refractivity contribution is 5.90. The van der Waals surface area contributed by atoms with Gasteiger partial charge < -0.3 is 4.74 Å². The molecule has 0 N–H and O–H groups in total. The Labute approximate surface area is 230 Å². The molecule has 1 aromatic heterocycles. The Morgan fingerprint density at radius 2 is 1.75 bits per heavy atom. The molecule has 3 heterocycles. The zero-order chi connectivity index (χ0) is 28.9. The molecule has 3 aromatic rings. The fourth-order valence-corrected chi connectivity index (χ4v) is 5.21. The van der Waals surface area contributed by atoms with Crippen LogP contribution in [-0.4, -0.2) is 52.2 Å². The molecule has 212 valence electrons. The van der Waals surface area contributed by atoms with Gasteiger partial charge in [-0.2, -0.15) is 27.9 Å². The van der Waals surface area contributed by atoms with E-state index in [9.17, 15) is 18.0 Å². The molecule has 2 aliphatic heterocycles. The van der Waals surface area contributed by atoms with Crippen LogP contribution in [0.5, 0.6) is 0 Å². The summed E-state index contributed by atoms with van der Waals surface area (Å²) in [6.45, 7) is 7.03. The van der Waals surface area contributed by atoms with E-state index in [2.05, 4.69) is 23.8 Å². The Hall–Kier alpha value is -3.95. The summed E-state index contributed by atoms with van der Waals surface area (Å²) in [6.07, 6.45) is 0.354. The van der Waals surface area contributed by atoms with Crippen molar-refractivity contribution in [2.45, 2.75) is 51.6 Å². The van der Waals surface area contributed by atoms with E-state index in [1.165, 1.54) is 6.07 Å². The summed E-state index contributed by atoms with van der Waals surface area (Å²) < 4.78 is 48.4. The van der Waals surface area contributed by atoms with Crippen LogP contribution < -0.4 is 4.90 Å². The second-order valence-corrected chi connectivity index (χ2v) is 10.5. The molecule has 2 aliphatic rings. The van der Waals surface area contributed by atoms with E-state index in [0.29, 0.717) is 50.5 Å². The molecule has 2 aromatic carbocycles. The van der Waals surface area contributed by atoms with E-state index in [0.717, 1.165) is 29.4 Å². The van der Waals surface area contributed by atoms with Gasteiger partial charge in [0.2, 0.25) is 0 Å². The second-order valence-electron chi connectivity index (χ2n) is 10.5. The summed E-state index contributed by atoms with van der Waals surface area (Å²) in [5.74, 6) is 0.406. The highest BCUT2D eigenvalue weighted by atomic mass is 19.4. The van der Waals surface area contributed by atoms with Gasteiger partial charge in [0.25, 0.3) is 0 Å². The van der Waals surface area contributed by atoms with Crippen molar-refractivity contribution in [3.63, 3.8) is 0 Å². The number of para-hydroxylation sites is 1. The fourth-order valence-electron chi connectivity index (χ4n) is 5.21. The first kappa shape index (κ1) is 29.0. The van der Waals surface area contributed by atoms with Crippen molar-refractivity contribution in [2.24, 2.45) is 5.92 Å². The van der Waals surface area contributed by atoms with Gasteiger partial charge in [-0.25, -0.2) is 4.79 Å². The molecule has 0 aliphatic carbocycles. The van der Waals surface area contributed by atoms with Crippen LogP contribution in [0.15, 0.2) is 60.9 Å². The predicted molar refractivity (Wildman–Crippen MR) is 140 cm³/mol.